The summed E-state index contributed by atoms with van der Waals surface area (Å²) < 4.78 is 9.97. The van der Waals surface area contributed by atoms with Gasteiger partial charge in [0.1, 0.15) is 11.2 Å². The Morgan fingerprint density at radius 2 is 1.93 bits per heavy atom. The van der Waals surface area contributed by atoms with Crippen LogP contribution in [-0.4, -0.2) is 59.9 Å². The molecule has 0 radical (unpaired) electrons. The van der Waals surface area contributed by atoms with Crippen LogP contribution in [0.25, 0.3) is 0 Å². The van der Waals surface area contributed by atoms with Crippen molar-refractivity contribution in [2.24, 2.45) is 4.99 Å². The van der Waals surface area contributed by atoms with Crippen molar-refractivity contribution >= 4 is 24.0 Å². The number of likely N-dealkylation sites (tertiary alicyclic amines) is 1. The molecule has 1 heterocycles. The highest BCUT2D eigenvalue weighted by Gasteiger charge is 2.27. The summed E-state index contributed by atoms with van der Waals surface area (Å²) in [6, 6.07) is 4.36. The van der Waals surface area contributed by atoms with Crippen LogP contribution in [0.3, 0.4) is 0 Å². The molecule has 28 heavy (non-hydrogen) atoms. The van der Waals surface area contributed by atoms with E-state index in [9.17, 15) is 19.7 Å². The SMILES string of the molecule is COC(=O)c1cccc(C=NC2CCN(C(=O)OC(C)(C)C)CC2)c1[N+](=O)[O-]. The van der Waals surface area contributed by atoms with Crippen LogP contribution < -0.4 is 0 Å². The number of benzene rings is 1. The van der Waals surface area contributed by atoms with Gasteiger partial charge in [0.05, 0.1) is 23.6 Å². The number of hydrogen-bond donors (Lipinski definition) is 0. The van der Waals surface area contributed by atoms with Gasteiger partial charge < -0.3 is 14.4 Å². The number of piperidine rings is 1. The Balaban J connectivity index is 2.07. The molecule has 0 atom stereocenters. The Labute approximate surface area is 163 Å². The van der Waals surface area contributed by atoms with Crippen LogP contribution in [0.2, 0.25) is 0 Å². The Kier molecular flexibility index (Phi) is 6.71. The van der Waals surface area contributed by atoms with Gasteiger partial charge in [-0.05, 0) is 45.7 Å². The number of hydrogen-bond acceptors (Lipinski definition) is 7. The summed E-state index contributed by atoms with van der Waals surface area (Å²) in [7, 11) is 1.17. The molecule has 1 fully saturated rings. The molecule has 1 amide bonds. The third-order valence-corrected chi connectivity index (χ3v) is 4.20. The lowest BCUT2D eigenvalue weighted by molar-refractivity contribution is -0.385. The van der Waals surface area contributed by atoms with Gasteiger partial charge in [0.15, 0.2) is 0 Å². The number of para-hydroxylation sites is 1. The second kappa shape index (κ2) is 8.81. The van der Waals surface area contributed by atoms with E-state index in [4.69, 9.17) is 4.74 Å². The Morgan fingerprint density at radius 3 is 2.46 bits per heavy atom. The van der Waals surface area contributed by atoms with Crippen molar-refractivity contribution in [3.8, 4) is 0 Å². The number of aliphatic imine (C=N–C) groups is 1. The largest absolute Gasteiger partial charge is 0.465 e. The number of ether oxygens (including phenoxy) is 2. The molecule has 9 heteroatoms. The molecular weight excluding hydrogens is 366 g/mol. The zero-order valence-corrected chi connectivity index (χ0v) is 16.5. The molecule has 1 aliphatic heterocycles. The molecule has 0 saturated carbocycles. The van der Waals surface area contributed by atoms with Crippen molar-refractivity contribution in [1.29, 1.82) is 0 Å². The van der Waals surface area contributed by atoms with Gasteiger partial charge in [-0.15, -0.1) is 0 Å². The van der Waals surface area contributed by atoms with Gasteiger partial charge in [-0.25, -0.2) is 9.59 Å². The predicted molar refractivity (Wildman–Crippen MR) is 103 cm³/mol. The van der Waals surface area contributed by atoms with E-state index in [0.29, 0.717) is 25.9 Å². The molecule has 0 bridgehead atoms. The zero-order chi connectivity index (χ0) is 20.9. The molecule has 152 valence electrons. The lowest BCUT2D eigenvalue weighted by atomic mass is 10.1. The summed E-state index contributed by atoms with van der Waals surface area (Å²) in [5.74, 6) is -0.771. The van der Waals surface area contributed by atoms with Gasteiger partial charge in [-0.1, -0.05) is 6.07 Å². The van der Waals surface area contributed by atoms with Crippen molar-refractivity contribution in [3.63, 3.8) is 0 Å². The first kappa shape index (κ1) is 21.3. The minimum Gasteiger partial charge on any atom is -0.465 e. The fraction of sp³-hybridized carbons (Fsp3) is 0.526. The Morgan fingerprint density at radius 1 is 1.29 bits per heavy atom. The van der Waals surface area contributed by atoms with Gasteiger partial charge in [0.25, 0.3) is 5.69 Å². The van der Waals surface area contributed by atoms with Crippen LogP contribution in [0.5, 0.6) is 0 Å². The molecule has 0 aliphatic carbocycles. The first-order valence-electron chi connectivity index (χ1n) is 8.99. The summed E-state index contributed by atoms with van der Waals surface area (Å²) in [6.45, 7) is 6.45. The van der Waals surface area contributed by atoms with E-state index in [1.165, 1.54) is 25.5 Å². The minimum atomic E-state index is -0.771. The normalized spacial score (nSPS) is 15.5. The molecule has 1 saturated heterocycles. The molecule has 2 rings (SSSR count). The number of rotatable bonds is 4. The minimum absolute atomic E-state index is 0.0694. The average Bonchev–Trinajstić information content (AvgIpc) is 2.64. The Hall–Kier alpha value is -2.97. The van der Waals surface area contributed by atoms with E-state index >= 15 is 0 Å². The number of amides is 1. The van der Waals surface area contributed by atoms with Gasteiger partial charge in [-0.2, -0.15) is 0 Å². The van der Waals surface area contributed by atoms with Crippen molar-refractivity contribution in [2.45, 2.75) is 45.3 Å². The maximum Gasteiger partial charge on any atom is 0.410 e. The molecular formula is C19H25N3O6. The standard InChI is InChI=1S/C19H25N3O6/c1-19(2,3)28-18(24)21-10-8-14(9-11-21)20-12-13-6-5-7-15(17(23)27-4)16(13)22(25)26/h5-7,12,14H,8-11H2,1-4H3. The van der Waals surface area contributed by atoms with E-state index in [-0.39, 0.29) is 28.9 Å². The van der Waals surface area contributed by atoms with Crippen LogP contribution in [-0.2, 0) is 9.47 Å². The fourth-order valence-electron chi connectivity index (χ4n) is 2.85. The van der Waals surface area contributed by atoms with Gasteiger partial charge in [0, 0.05) is 19.3 Å². The summed E-state index contributed by atoms with van der Waals surface area (Å²) >= 11 is 0. The molecule has 0 spiro atoms. The van der Waals surface area contributed by atoms with Crippen LogP contribution in [0.4, 0.5) is 10.5 Å². The topological polar surface area (TPSA) is 111 Å². The van der Waals surface area contributed by atoms with E-state index in [1.54, 1.807) is 11.0 Å². The summed E-state index contributed by atoms with van der Waals surface area (Å²) in [5.41, 5.74) is -0.752. The van der Waals surface area contributed by atoms with E-state index in [0.717, 1.165) is 0 Å². The molecule has 0 unspecified atom stereocenters. The van der Waals surface area contributed by atoms with Crippen LogP contribution in [0.15, 0.2) is 23.2 Å². The van der Waals surface area contributed by atoms with Crippen LogP contribution in [0.1, 0.15) is 49.5 Å². The number of methoxy groups -OCH3 is 1. The van der Waals surface area contributed by atoms with Gasteiger partial charge in [-0.3, -0.25) is 15.1 Å². The van der Waals surface area contributed by atoms with Crippen molar-refractivity contribution in [1.82, 2.24) is 4.90 Å². The zero-order valence-electron chi connectivity index (χ0n) is 16.5. The third-order valence-electron chi connectivity index (χ3n) is 4.20. The third kappa shape index (κ3) is 5.51. The summed E-state index contributed by atoms with van der Waals surface area (Å²) in [4.78, 5) is 40.8. The molecule has 1 aliphatic rings. The van der Waals surface area contributed by atoms with E-state index in [2.05, 4.69) is 9.73 Å². The van der Waals surface area contributed by atoms with Crippen molar-refractivity contribution < 1.29 is 24.0 Å². The van der Waals surface area contributed by atoms with Crippen molar-refractivity contribution in [3.05, 3.63) is 39.4 Å². The highest BCUT2D eigenvalue weighted by molar-refractivity contribution is 5.99. The average molecular weight is 391 g/mol. The van der Waals surface area contributed by atoms with Crippen LogP contribution in [0, 0.1) is 10.1 Å². The smallest absolute Gasteiger partial charge is 0.410 e. The molecule has 0 N–H and O–H groups in total. The van der Waals surface area contributed by atoms with Gasteiger partial charge in [0.2, 0.25) is 0 Å². The number of carbonyl (C=O) groups excluding carboxylic acids is 2. The van der Waals surface area contributed by atoms with E-state index in [1.807, 2.05) is 20.8 Å². The monoisotopic (exact) mass is 391 g/mol. The lowest BCUT2D eigenvalue weighted by Gasteiger charge is -2.32. The van der Waals surface area contributed by atoms with E-state index < -0.39 is 16.5 Å². The second-order valence-electron chi connectivity index (χ2n) is 7.47. The number of esters is 1. The number of carbonyl (C=O) groups is 2. The maximum absolute atomic E-state index is 12.1. The molecule has 9 nitrogen and oxygen atoms in total. The van der Waals surface area contributed by atoms with Gasteiger partial charge >= 0.3 is 12.1 Å². The first-order chi connectivity index (χ1) is 13.1. The highest BCUT2D eigenvalue weighted by Crippen LogP contribution is 2.24. The summed E-state index contributed by atoms with van der Waals surface area (Å²) in [5, 5.41) is 11.4. The lowest BCUT2D eigenvalue weighted by Crippen LogP contribution is -2.42. The Bertz CT molecular complexity index is 776. The first-order valence-corrected chi connectivity index (χ1v) is 8.99. The predicted octanol–water partition coefficient (Wildman–Crippen LogP) is 3.20. The van der Waals surface area contributed by atoms with Crippen molar-refractivity contribution in [2.75, 3.05) is 20.2 Å². The van der Waals surface area contributed by atoms with Crippen LogP contribution >= 0.6 is 0 Å². The number of nitro groups is 1. The molecule has 0 aromatic heterocycles. The highest BCUT2D eigenvalue weighted by atomic mass is 16.6. The maximum atomic E-state index is 12.1. The molecule has 1 aromatic carbocycles. The number of nitro benzene ring substituents is 1. The number of nitrogens with zero attached hydrogens (tertiary/aromatic N) is 3. The second-order valence-corrected chi connectivity index (χ2v) is 7.47. The fourth-order valence-corrected chi connectivity index (χ4v) is 2.85. The quantitative estimate of drug-likeness (QED) is 0.337. The molecule has 1 aromatic rings. The summed E-state index contributed by atoms with van der Waals surface area (Å²) in [6.07, 6.45) is 2.31.